The second-order valence-corrected chi connectivity index (χ2v) is 0.504. The third-order valence-corrected chi connectivity index (χ3v) is 0.160. The van der Waals surface area contributed by atoms with Crippen molar-refractivity contribution in [2.75, 3.05) is 6.54 Å². The zero-order chi connectivity index (χ0) is 4.12. The lowest BCUT2D eigenvalue weighted by atomic mass is 10.8. The molecule has 0 aromatic carbocycles. The SMILES string of the molecule is O=CCNF. The molecule has 2 nitrogen and oxygen atoms in total. The van der Waals surface area contributed by atoms with E-state index in [1.54, 1.807) is 0 Å². The minimum atomic E-state index is -0.208. The summed E-state index contributed by atoms with van der Waals surface area (Å²) < 4.78 is 10.5. The summed E-state index contributed by atoms with van der Waals surface area (Å²) in [6, 6.07) is 0. The molecule has 0 amide bonds. The van der Waals surface area contributed by atoms with Gasteiger partial charge in [0.1, 0.15) is 6.29 Å². The number of carbonyl (C=O) groups is 1. The van der Waals surface area contributed by atoms with E-state index in [9.17, 15) is 4.48 Å². The normalized spacial score (nSPS) is 7.40. The van der Waals surface area contributed by atoms with Crippen LogP contribution in [0.4, 0.5) is 4.48 Å². The van der Waals surface area contributed by atoms with Crippen molar-refractivity contribution in [3.8, 4) is 0 Å². The van der Waals surface area contributed by atoms with Gasteiger partial charge >= 0.3 is 0 Å². The molecule has 0 aliphatic heterocycles. The van der Waals surface area contributed by atoms with Gasteiger partial charge in [0.25, 0.3) is 0 Å². The molecule has 0 spiro atoms. The van der Waals surface area contributed by atoms with E-state index < -0.39 is 0 Å². The van der Waals surface area contributed by atoms with Gasteiger partial charge in [0.05, 0.1) is 6.54 Å². The van der Waals surface area contributed by atoms with Gasteiger partial charge in [0, 0.05) is 0 Å². The fourth-order valence-electron chi connectivity index (χ4n) is 0.0315. The van der Waals surface area contributed by atoms with Crippen molar-refractivity contribution in [1.82, 2.24) is 5.54 Å². The third-order valence-electron chi connectivity index (χ3n) is 0.160. The second-order valence-electron chi connectivity index (χ2n) is 0.504. The number of carbonyl (C=O) groups excluding carboxylic acids is 1. The number of hydrogen-bond donors (Lipinski definition) is 1. The van der Waals surface area contributed by atoms with Gasteiger partial charge in [-0.1, -0.05) is 0 Å². The van der Waals surface area contributed by atoms with Crippen LogP contribution in [0.3, 0.4) is 0 Å². The number of nitrogens with one attached hydrogen (secondary N) is 1. The highest BCUT2D eigenvalue weighted by Gasteiger charge is 1.66. The molecule has 5 heavy (non-hydrogen) atoms. The monoisotopic (exact) mass is 77.0 g/mol. The molecule has 0 aromatic heterocycles. The smallest absolute Gasteiger partial charge is 0.136 e. The molecule has 0 aliphatic carbocycles. The minimum Gasteiger partial charge on any atom is -0.302 e. The van der Waals surface area contributed by atoms with Crippen molar-refractivity contribution >= 4 is 6.29 Å². The lowest BCUT2D eigenvalue weighted by Gasteiger charge is -1.70. The van der Waals surface area contributed by atoms with Crippen LogP contribution in [0.2, 0.25) is 0 Å². The Hall–Kier alpha value is -0.440. The van der Waals surface area contributed by atoms with E-state index in [0.717, 1.165) is 5.54 Å². The van der Waals surface area contributed by atoms with Crippen LogP contribution in [-0.2, 0) is 4.79 Å². The van der Waals surface area contributed by atoms with Gasteiger partial charge in [0.15, 0.2) is 0 Å². The molecule has 30 valence electrons. The summed E-state index contributed by atoms with van der Waals surface area (Å²) in [4.78, 5) is 9.10. The van der Waals surface area contributed by atoms with Crippen molar-refractivity contribution in [3.63, 3.8) is 0 Å². The summed E-state index contributed by atoms with van der Waals surface area (Å²) >= 11 is 0. The Balaban J connectivity index is 2.40. The van der Waals surface area contributed by atoms with Gasteiger partial charge in [-0.2, -0.15) is 5.54 Å². The van der Waals surface area contributed by atoms with Crippen LogP contribution in [0.5, 0.6) is 0 Å². The van der Waals surface area contributed by atoms with Gasteiger partial charge in [-0.05, 0) is 0 Å². The average Bonchev–Trinajstić information content (AvgIpc) is 1.41. The molecule has 0 saturated heterocycles. The number of hydrogen-bond acceptors (Lipinski definition) is 2. The quantitative estimate of drug-likeness (QED) is 0.361. The topological polar surface area (TPSA) is 29.1 Å². The Bertz CT molecular complexity index is 30.8. The van der Waals surface area contributed by atoms with Gasteiger partial charge < -0.3 is 4.79 Å². The van der Waals surface area contributed by atoms with Crippen molar-refractivity contribution in [1.29, 1.82) is 0 Å². The number of rotatable bonds is 2. The second kappa shape index (κ2) is 3.56. The van der Waals surface area contributed by atoms with E-state index in [0.29, 0.717) is 6.29 Å². The summed E-state index contributed by atoms with van der Waals surface area (Å²) in [5, 5.41) is 0. The molecule has 3 heteroatoms. The van der Waals surface area contributed by atoms with E-state index in [1.807, 2.05) is 0 Å². The molecule has 0 aromatic rings. The highest BCUT2D eigenvalue weighted by molar-refractivity contribution is 5.51. The minimum absolute atomic E-state index is 0.208. The Morgan fingerprint density at radius 1 is 2.00 bits per heavy atom. The average molecular weight is 77.1 g/mol. The van der Waals surface area contributed by atoms with E-state index >= 15 is 0 Å². The number of aldehydes is 1. The molecule has 0 aliphatic rings. The third kappa shape index (κ3) is 3.56. The van der Waals surface area contributed by atoms with Crippen molar-refractivity contribution in [2.24, 2.45) is 0 Å². The first-order valence-electron chi connectivity index (χ1n) is 1.19. The van der Waals surface area contributed by atoms with E-state index in [-0.39, 0.29) is 6.54 Å². The molecule has 0 fully saturated rings. The fourth-order valence-corrected chi connectivity index (χ4v) is 0.0315. The van der Waals surface area contributed by atoms with Crippen LogP contribution in [0.15, 0.2) is 0 Å². The number of halogens is 1. The highest BCUT2D eigenvalue weighted by Crippen LogP contribution is 1.42. The zero-order valence-corrected chi connectivity index (χ0v) is 2.57. The van der Waals surface area contributed by atoms with Crippen molar-refractivity contribution in [2.45, 2.75) is 0 Å². The molecule has 0 atom stereocenters. The van der Waals surface area contributed by atoms with Crippen LogP contribution < -0.4 is 5.54 Å². The maximum absolute atomic E-state index is 10.5. The van der Waals surface area contributed by atoms with E-state index in [2.05, 4.69) is 0 Å². The van der Waals surface area contributed by atoms with Gasteiger partial charge in [0.2, 0.25) is 0 Å². The van der Waals surface area contributed by atoms with Crippen LogP contribution in [0.1, 0.15) is 0 Å². The standard InChI is InChI=1S/C2H4FNO/c3-4-1-2-5/h2,4H,1H2. The molecule has 0 saturated carbocycles. The van der Waals surface area contributed by atoms with Gasteiger partial charge in [-0.25, -0.2) is 0 Å². The molecule has 0 radical (unpaired) electrons. The van der Waals surface area contributed by atoms with Crippen LogP contribution in [0, 0.1) is 0 Å². The first-order valence-corrected chi connectivity index (χ1v) is 1.19. The van der Waals surface area contributed by atoms with Crippen LogP contribution in [-0.4, -0.2) is 12.8 Å². The Morgan fingerprint density at radius 3 is 2.60 bits per heavy atom. The van der Waals surface area contributed by atoms with Crippen molar-refractivity contribution < 1.29 is 9.28 Å². The summed E-state index contributed by atoms with van der Waals surface area (Å²) in [7, 11) is 0. The first kappa shape index (κ1) is 4.56. The summed E-state index contributed by atoms with van der Waals surface area (Å²) in [5.41, 5.74) is 1.15. The molecular formula is C2H4FNO. The molecule has 1 N–H and O–H groups in total. The van der Waals surface area contributed by atoms with Crippen LogP contribution in [0.25, 0.3) is 0 Å². The molecular weight excluding hydrogens is 73.0 g/mol. The summed E-state index contributed by atoms with van der Waals surface area (Å²) in [6.45, 7) is -0.208. The van der Waals surface area contributed by atoms with Crippen molar-refractivity contribution in [3.05, 3.63) is 0 Å². The molecule has 0 rings (SSSR count). The van der Waals surface area contributed by atoms with E-state index in [4.69, 9.17) is 4.79 Å². The highest BCUT2D eigenvalue weighted by atomic mass is 19.2. The fraction of sp³-hybridized carbons (Fsp3) is 0.500. The Labute approximate surface area is 28.9 Å². The predicted molar refractivity (Wildman–Crippen MR) is 15.2 cm³/mol. The molecule has 0 unspecified atom stereocenters. The first-order chi connectivity index (χ1) is 2.41. The largest absolute Gasteiger partial charge is 0.302 e. The molecule has 0 heterocycles. The maximum atomic E-state index is 10.5. The van der Waals surface area contributed by atoms with Gasteiger partial charge in [-0.15, -0.1) is 4.48 Å². The van der Waals surface area contributed by atoms with Gasteiger partial charge in [-0.3, -0.25) is 0 Å². The van der Waals surface area contributed by atoms with E-state index in [1.165, 1.54) is 0 Å². The zero-order valence-electron chi connectivity index (χ0n) is 2.57. The summed E-state index contributed by atoms with van der Waals surface area (Å²) in [5.74, 6) is 0. The van der Waals surface area contributed by atoms with Crippen LogP contribution >= 0.6 is 0 Å². The Morgan fingerprint density at radius 2 is 2.60 bits per heavy atom. The predicted octanol–water partition coefficient (Wildman–Crippen LogP) is -0.341. The lowest BCUT2D eigenvalue weighted by Crippen LogP contribution is -2.01. The summed E-state index contributed by atoms with van der Waals surface area (Å²) in [6.07, 6.45) is 0.444. The maximum Gasteiger partial charge on any atom is 0.136 e. The lowest BCUT2D eigenvalue weighted by molar-refractivity contribution is -0.107. The molecule has 0 bridgehead atoms. The Kier molecular flexibility index (Phi) is 3.25.